The van der Waals surface area contributed by atoms with E-state index in [1.54, 1.807) is 35.2 Å². The molecule has 0 aliphatic carbocycles. The van der Waals surface area contributed by atoms with E-state index >= 15 is 0 Å². The predicted molar refractivity (Wildman–Crippen MR) is 96.0 cm³/mol. The average molecular weight is 372 g/mol. The Morgan fingerprint density at radius 3 is 2.67 bits per heavy atom. The third-order valence-electron chi connectivity index (χ3n) is 5.07. The molecule has 1 atom stereocenters. The molecule has 4 rings (SSSR count). The molecule has 8 nitrogen and oxygen atoms in total. The first kappa shape index (κ1) is 17.4. The summed E-state index contributed by atoms with van der Waals surface area (Å²) in [6.45, 7) is 4.72. The van der Waals surface area contributed by atoms with Crippen molar-refractivity contribution in [3.63, 3.8) is 0 Å². The van der Waals surface area contributed by atoms with Gasteiger partial charge in [0.2, 0.25) is 6.79 Å². The fraction of sp³-hybridized carbons (Fsp3) is 0.368. The molecular weight excluding hydrogens is 350 g/mol. The van der Waals surface area contributed by atoms with Crippen LogP contribution in [-0.4, -0.2) is 55.7 Å². The second-order valence-corrected chi connectivity index (χ2v) is 6.71. The summed E-state index contributed by atoms with van der Waals surface area (Å²) >= 11 is 0. The van der Waals surface area contributed by atoms with Crippen LogP contribution in [0.4, 0.5) is 5.69 Å². The molecular formula is C19H22N3O5+. The van der Waals surface area contributed by atoms with E-state index in [2.05, 4.69) is 5.32 Å². The molecule has 3 heterocycles. The van der Waals surface area contributed by atoms with Crippen molar-refractivity contribution in [3.8, 4) is 11.5 Å². The maximum atomic E-state index is 12.6. The van der Waals surface area contributed by atoms with Crippen LogP contribution in [0.2, 0.25) is 0 Å². The molecule has 1 aromatic heterocycles. The number of benzene rings is 1. The van der Waals surface area contributed by atoms with E-state index in [1.165, 1.54) is 6.26 Å². The summed E-state index contributed by atoms with van der Waals surface area (Å²) in [6.07, 6.45) is 1.50. The number of hydrogen-bond donors (Lipinski definition) is 2. The number of rotatable bonds is 4. The van der Waals surface area contributed by atoms with Gasteiger partial charge in [0, 0.05) is 11.8 Å². The second-order valence-electron chi connectivity index (χ2n) is 6.71. The summed E-state index contributed by atoms with van der Waals surface area (Å²) in [6, 6.07) is 8.50. The summed E-state index contributed by atoms with van der Waals surface area (Å²) in [7, 11) is 0. The number of ether oxygens (including phenoxy) is 2. The molecule has 2 aromatic rings. The molecule has 0 bridgehead atoms. The number of amides is 2. The van der Waals surface area contributed by atoms with E-state index in [1.807, 2.05) is 6.92 Å². The standard InChI is InChI=1S/C19H21N3O5/c1-13(18(23)20-14-4-5-15-17(11-14)27-12-26-15)21-6-8-22(9-7-21)19(24)16-3-2-10-25-16/h2-5,10-11,13H,6-9,12H2,1H3,(H,20,23)/p+1/t13-/m0/s1. The van der Waals surface area contributed by atoms with Gasteiger partial charge >= 0.3 is 0 Å². The van der Waals surface area contributed by atoms with E-state index in [0.29, 0.717) is 49.1 Å². The molecule has 142 valence electrons. The first-order valence-electron chi connectivity index (χ1n) is 8.99. The number of piperazine rings is 1. The normalized spacial score (nSPS) is 17.6. The Kier molecular flexibility index (Phi) is 4.72. The van der Waals surface area contributed by atoms with Crippen molar-refractivity contribution in [2.45, 2.75) is 13.0 Å². The summed E-state index contributed by atoms with van der Waals surface area (Å²) in [5.74, 6) is 1.51. The number of nitrogens with one attached hydrogen (secondary N) is 2. The molecule has 2 N–H and O–H groups in total. The summed E-state index contributed by atoms with van der Waals surface area (Å²) in [5, 5.41) is 2.93. The van der Waals surface area contributed by atoms with Gasteiger partial charge in [-0.25, -0.2) is 0 Å². The Bertz CT molecular complexity index is 828. The molecule has 0 saturated carbocycles. The zero-order chi connectivity index (χ0) is 18.8. The van der Waals surface area contributed by atoms with Gasteiger partial charge in [-0.1, -0.05) is 0 Å². The smallest absolute Gasteiger partial charge is 0.289 e. The van der Waals surface area contributed by atoms with Gasteiger partial charge in [0.1, 0.15) is 0 Å². The van der Waals surface area contributed by atoms with Crippen molar-refractivity contribution in [2.75, 3.05) is 38.3 Å². The van der Waals surface area contributed by atoms with Crippen molar-refractivity contribution in [1.29, 1.82) is 0 Å². The van der Waals surface area contributed by atoms with E-state index in [9.17, 15) is 9.59 Å². The zero-order valence-electron chi connectivity index (χ0n) is 15.1. The van der Waals surface area contributed by atoms with Crippen molar-refractivity contribution >= 4 is 17.5 Å². The number of nitrogens with zero attached hydrogens (tertiary/aromatic N) is 1. The number of hydrogen-bond acceptors (Lipinski definition) is 5. The Morgan fingerprint density at radius 1 is 1.15 bits per heavy atom. The highest BCUT2D eigenvalue weighted by molar-refractivity contribution is 5.94. The van der Waals surface area contributed by atoms with Gasteiger partial charge in [0.25, 0.3) is 11.8 Å². The van der Waals surface area contributed by atoms with Gasteiger partial charge in [0.05, 0.1) is 32.4 Å². The van der Waals surface area contributed by atoms with Crippen LogP contribution in [0.15, 0.2) is 41.0 Å². The van der Waals surface area contributed by atoms with Crippen molar-refractivity contribution in [1.82, 2.24) is 4.90 Å². The lowest BCUT2D eigenvalue weighted by molar-refractivity contribution is -0.917. The quantitative estimate of drug-likeness (QED) is 0.810. The second kappa shape index (κ2) is 7.32. The molecule has 27 heavy (non-hydrogen) atoms. The summed E-state index contributed by atoms with van der Waals surface area (Å²) < 4.78 is 15.8. The summed E-state index contributed by atoms with van der Waals surface area (Å²) in [5.41, 5.74) is 0.683. The number of fused-ring (bicyclic) bond motifs is 1. The van der Waals surface area contributed by atoms with Gasteiger partial charge < -0.3 is 29.0 Å². The van der Waals surface area contributed by atoms with Crippen molar-refractivity contribution in [3.05, 3.63) is 42.4 Å². The molecule has 2 amide bonds. The van der Waals surface area contributed by atoms with Crippen LogP contribution in [0.3, 0.4) is 0 Å². The molecule has 8 heteroatoms. The Hall–Kier alpha value is -3.00. The van der Waals surface area contributed by atoms with Crippen molar-refractivity contribution in [2.24, 2.45) is 0 Å². The number of carbonyl (C=O) groups excluding carboxylic acids is 2. The van der Waals surface area contributed by atoms with Crippen molar-refractivity contribution < 1.29 is 28.4 Å². The number of anilines is 1. The maximum absolute atomic E-state index is 12.6. The van der Waals surface area contributed by atoms with Crippen LogP contribution in [0, 0.1) is 0 Å². The van der Waals surface area contributed by atoms with Crippen LogP contribution in [0.1, 0.15) is 17.5 Å². The van der Waals surface area contributed by atoms with Crippen LogP contribution in [-0.2, 0) is 4.79 Å². The fourth-order valence-corrected chi connectivity index (χ4v) is 3.40. The lowest BCUT2D eigenvalue weighted by Gasteiger charge is -2.34. The minimum atomic E-state index is -0.226. The average Bonchev–Trinajstić information content (AvgIpc) is 3.38. The van der Waals surface area contributed by atoms with Crippen LogP contribution >= 0.6 is 0 Å². The Morgan fingerprint density at radius 2 is 1.93 bits per heavy atom. The predicted octanol–water partition coefficient (Wildman–Crippen LogP) is 0.376. The zero-order valence-corrected chi connectivity index (χ0v) is 15.1. The number of quaternary nitrogens is 1. The monoisotopic (exact) mass is 372 g/mol. The molecule has 1 saturated heterocycles. The van der Waals surface area contributed by atoms with E-state index in [0.717, 1.165) is 4.90 Å². The van der Waals surface area contributed by atoms with Crippen LogP contribution in [0.5, 0.6) is 11.5 Å². The maximum Gasteiger partial charge on any atom is 0.289 e. The summed E-state index contributed by atoms with van der Waals surface area (Å²) in [4.78, 5) is 27.9. The van der Waals surface area contributed by atoms with E-state index in [-0.39, 0.29) is 24.6 Å². The number of furan rings is 1. The van der Waals surface area contributed by atoms with E-state index < -0.39 is 0 Å². The van der Waals surface area contributed by atoms with Gasteiger partial charge in [-0.05, 0) is 31.2 Å². The molecule has 2 aliphatic heterocycles. The number of carbonyl (C=O) groups is 2. The molecule has 1 aromatic carbocycles. The van der Waals surface area contributed by atoms with E-state index in [4.69, 9.17) is 13.9 Å². The molecule has 0 radical (unpaired) electrons. The fourth-order valence-electron chi connectivity index (χ4n) is 3.40. The minimum Gasteiger partial charge on any atom is -0.459 e. The largest absolute Gasteiger partial charge is 0.459 e. The lowest BCUT2D eigenvalue weighted by Crippen LogP contribution is -3.19. The van der Waals surface area contributed by atoms with Crippen LogP contribution < -0.4 is 19.7 Å². The highest BCUT2D eigenvalue weighted by atomic mass is 16.7. The molecule has 1 fully saturated rings. The van der Waals surface area contributed by atoms with Gasteiger partial charge in [0.15, 0.2) is 23.3 Å². The Balaban J connectivity index is 1.31. The molecule has 0 spiro atoms. The third-order valence-corrected chi connectivity index (χ3v) is 5.07. The van der Waals surface area contributed by atoms with Gasteiger partial charge in [-0.3, -0.25) is 9.59 Å². The first-order valence-corrected chi connectivity index (χ1v) is 8.99. The highest BCUT2D eigenvalue weighted by Gasteiger charge is 2.32. The minimum absolute atomic E-state index is 0.0605. The molecule has 2 aliphatic rings. The highest BCUT2D eigenvalue weighted by Crippen LogP contribution is 2.34. The third kappa shape index (κ3) is 3.61. The van der Waals surface area contributed by atoms with Gasteiger partial charge in [-0.2, -0.15) is 0 Å². The van der Waals surface area contributed by atoms with Gasteiger partial charge in [-0.15, -0.1) is 0 Å². The first-order chi connectivity index (χ1) is 13.1. The SMILES string of the molecule is C[C@@H](C(=O)Nc1ccc2c(c1)OCO2)[NH+]1CCN(C(=O)c2ccco2)CC1. The molecule has 0 unspecified atom stereocenters. The van der Waals surface area contributed by atoms with Crippen LogP contribution in [0.25, 0.3) is 0 Å². The lowest BCUT2D eigenvalue weighted by atomic mass is 10.2. The Labute approximate surface area is 156 Å². The topological polar surface area (TPSA) is 85.5 Å².